The lowest BCUT2D eigenvalue weighted by atomic mass is 9.91. The van der Waals surface area contributed by atoms with Crippen LogP contribution in [-0.4, -0.2) is 34.0 Å². The van der Waals surface area contributed by atoms with Crippen molar-refractivity contribution < 1.29 is 20.1 Å². The minimum absolute atomic E-state index is 0.115. The van der Waals surface area contributed by atoms with E-state index in [-0.39, 0.29) is 6.61 Å². The van der Waals surface area contributed by atoms with Crippen LogP contribution in [-0.2, 0) is 4.79 Å². The fourth-order valence-corrected chi connectivity index (χ4v) is 4.92. The summed E-state index contributed by atoms with van der Waals surface area (Å²) in [4.78, 5) is 11.2. The van der Waals surface area contributed by atoms with Crippen molar-refractivity contribution >= 4 is 5.97 Å². The van der Waals surface area contributed by atoms with Gasteiger partial charge in [-0.1, -0.05) is 162 Å². The lowest BCUT2D eigenvalue weighted by Crippen LogP contribution is -2.08. The van der Waals surface area contributed by atoms with E-state index >= 15 is 0 Å². The minimum atomic E-state index is -0.601. The Hall–Kier alpha value is -0.610. The first-order valence-electron chi connectivity index (χ1n) is 16.5. The monoisotopic (exact) mass is 529 g/mol. The molecule has 3 N–H and O–H groups in total. The molecule has 0 aromatic carbocycles. The highest BCUT2D eigenvalue weighted by atomic mass is 16.4. The van der Waals surface area contributed by atoms with Gasteiger partial charge in [0.15, 0.2) is 0 Å². The standard InChI is InChI=1S/C29H58O2.C4H10O2/c1-3-5-7-9-11-13-15-16-18-20-22-24-26-28(27-29(30)31)25-23-21-19-17-14-12-10-8-6-4-2;1-2-4(6)3-5/h28H,3-27H2,1-2H3,(H,30,31);4-6H,2-3H2,1H3. The summed E-state index contributed by atoms with van der Waals surface area (Å²) >= 11 is 0. The highest BCUT2D eigenvalue weighted by Gasteiger charge is 2.12. The van der Waals surface area contributed by atoms with Crippen molar-refractivity contribution in [2.45, 2.75) is 194 Å². The van der Waals surface area contributed by atoms with E-state index < -0.39 is 12.1 Å². The molecule has 0 aliphatic carbocycles. The maximum atomic E-state index is 11.2. The third-order valence-corrected chi connectivity index (χ3v) is 7.58. The van der Waals surface area contributed by atoms with Crippen molar-refractivity contribution in [3.05, 3.63) is 0 Å². The van der Waals surface area contributed by atoms with Gasteiger partial charge in [0.05, 0.1) is 12.7 Å². The third-order valence-electron chi connectivity index (χ3n) is 7.58. The second-order valence-corrected chi connectivity index (χ2v) is 11.4. The molecule has 0 saturated heterocycles. The number of hydrogen-bond donors (Lipinski definition) is 3. The van der Waals surface area contributed by atoms with Gasteiger partial charge in [0.2, 0.25) is 0 Å². The van der Waals surface area contributed by atoms with Crippen molar-refractivity contribution in [3.63, 3.8) is 0 Å². The maximum Gasteiger partial charge on any atom is 0.303 e. The van der Waals surface area contributed by atoms with E-state index in [1.54, 1.807) is 0 Å². The molecule has 4 heteroatoms. The van der Waals surface area contributed by atoms with E-state index in [0.29, 0.717) is 18.8 Å². The van der Waals surface area contributed by atoms with Crippen molar-refractivity contribution in [1.82, 2.24) is 0 Å². The van der Waals surface area contributed by atoms with Gasteiger partial charge < -0.3 is 15.3 Å². The molecule has 0 saturated carbocycles. The van der Waals surface area contributed by atoms with Gasteiger partial charge in [0, 0.05) is 6.42 Å². The molecule has 0 aliphatic heterocycles. The number of rotatable bonds is 28. The molecule has 2 unspecified atom stereocenters. The zero-order valence-electron chi connectivity index (χ0n) is 25.5. The van der Waals surface area contributed by atoms with Gasteiger partial charge in [0.1, 0.15) is 0 Å². The lowest BCUT2D eigenvalue weighted by molar-refractivity contribution is -0.138. The number of carboxylic acids is 1. The van der Waals surface area contributed by atoms with Crippen LogP contribution in [0.5, 0.6) is 0 Å². The molecule has 0 bridgehead atoms. The van der Waals surface area contributed by atoms with Crippen LogP contribution >= 0.6 is 0 Å². The first-order chi connectivity index (χ1) is 18.0. The van der Waals surface area contributed by atoms with E-state index in [9.17, 15) is 9.90 Å². The van der Waals surface area contributed by atoms with Gasteiger partial charge in [0.25, 0.3) is 0 Å². The van der Waals surface area contributed by atoms with Gasteiger partial charge in [-0.3, -0.25) is 4.79 Å². The molecule has 0 aromatic heterocycles. The molecule has 0 amide bonds. The van der Waals surface area contributed by atoms with Crippen molar-refractivity contribution in [2.24, 2.45) is 5.92 Å². The lowest BCUT2D eigenvalue weighted by Gasteiger charge is -2.14. The first-order valence-corrected chi connectivity index (χ1v) is 16.5. The molecule has 2 atom stereocenters. The Morgan fingerprint density at radius 1 is 0.541 bits per heavy atom. The third kappa shape index (κ3) is 35.4. The Balaban J connectivity index is 0. The zero-order chi connectivity index (χ0) is 27.8. The van der Waals surface area contributed by atoms with E-state index in [0.717, 1.165) is 12.8 Å². The summed E-state index contributed by atoms with van der Waals surface area (Å²) < 4.78 is 0. The normalized spacial score (nSPS) is 12.7. The predicted molar refractivity (Wildman–Crippen MR) is 161 cm³/mol. The molecule has 0 fully saturated rings. The highest BCUT2D eigenvalue weighted by molar-refractivity contribution is 5.66. The minimum Gasteiger partial charge on any atom is -0.481 e. The Bertz CT molecular complexity index is 423. The molecule has 224 valence electrons. The molecule has 0 rings (SSSR count). The average molecular weight is 529 g/mol. The van der Waals surface area contributed by atoms with Gasteiger partial charge in [-0.05, 0) is 25.2 Å². The largest absolute Gasteiger partial charge is 0.481 e. The van der Waals surface area contributed by atoms with Crippen LogP contribution in [0.15, 0.2) is 0 Å². The van der Waals surface area contributed by atoms with Crippen LogP contribution in [0, 0.1) is 5.92 Å². The zero-order valence-corrected chi connectivity index (χ0v) is 25.5. The number of aliphatic hydroxyl groups excluding tert-OH is 2. The van der Waals surface area contributed by atoms with Gasteiger partial charge >= 0.3 is 5.97 Å². The Morgan fingerprint density at radius 2 is 0.838 bits per heavy atom. The fourth-order valence-electron chi connectivity index (χ4n) is 4.92. The van der Waals surface area contributed by atoms with E-state index in [4.69, 9.17) is 10.2 Å². The van der Waals surface area contributed by atoms with Crippen LogP contribution < -0.4 is 0 Å². The van der Waals surface area contributed by atoms with Crippen LogP contribution in [0.2, 0.25) is 0 Å². The Labute approximate surface area is 232 Å². The summed E-state index contributed by atoms with van der Waals surface area (Å²) in [5.74, 6) is -0.189. The van der Waals surface area contributed by atoms with Crippen LogP contribution in [0.4, 0.5) is 0 Å². The summed E-state index contributed by atoms with van der Waals surface area (Å²) in [7, 11) is 0. The Kier molecular flexibility index (Phi) is 34.8. The molecule has 4 nitrogen and oxygen atoms in total. The predicted octanol–water partition coefficient (Wildman–Crippen LogP) is 10.2. The van der Waals surface area contributed by atoms with E-state index in [1.165, 1.54) is 141 Å². The number of carbonyl (C=O) groups is 1. The molecule has 0 aromatic rings. The molecular formula is C33H68O4. The number of aliphatic carboxylic acids is 1. The first kappa shape index (κ1) is 38.5. The average Bonchev–Trinajstić information content (AvgIpc) is 2.89. The van der Waals surface area contributed by atoms with Gasteiger partial charge in [-0.25, -0.2) is 0 Å². The quantitative estimate of drug-likeness (QED) is 0.0882. The summed E-state index contributed by atoms with van der Waals surface area (Å²) in [6.45, 7) is 6.26. The smallest absolute Gasteiger partial charge is 0.303 e. The molecule has 0 aliphatic rings. The molecule has 37 heavy (non-hydrogen) atoms. The molecule has 0 radical (unpaired) electrons. The number of carboxylic acid groups (broad SMARTS) is 1. The summed E-state index contributed by atoms with van der Waals surface area (Å²) in [6.07, 6.45) is 32.8. The van der Waals surface area contributed by atoms with Crippen molar-refractivity contribution in [2.75, 3.05) is 6.61 Å². The number of aliphatic hydroxyl groups is 2. The maximum absolute atomic E-state index is 11.2. The van der Waals surface area contributed by atoms with Crippen LogP contribution in [0.3, 0.4) is 0 Å². The Morgan fingerprint density at radius 3 is 1.05 bits per heavy atom. The second-order valence-electron chi connectivity index (χ2n) is 11.4. The van der Waals surface area contributed by atoms with Crippen molar-refractivity contribution in [1.29, 1.82) is 0 Å². The number of hydrogen-bond acceptors (Lipinski definition) is 3. The fraction of sp³-hybridized carbons (Fsp3) is 0.970. The van der Waals surface area contributed by atoms with Gasteiger partial charge in [-0.15, -0.1) is 0 Å². The number of unbranched alkanes of at least 4 members (excludes halogenated alkanes) is 20. The van der Waals surface area contributed by atoms with E-state index in [1.807, 2.05) is 6.92 Å². The summed E-state index contributed by atoms with van der Waals surface area (Å²) in [5.41, 5.74) is 0. The van der Waals surface area contributed by atoms with Crippen LogP contribution in [0.1, 0.15) is 188 Å². The van der Waals surface area contributed by atoms with Crippen LogP contribution in [0.25, 0.3) is 0 Å². The summed E-state index contributed by atoms with van der Waals surface area (Å²) in [6, 6.07) is 0. The van der Waals surface area contributed by atoms with Crippen molar-refractivity contribution in [3.8, 4) is 0 Å². The molecule has 0 heterocycles. The second kappa shape index (κ2) is 33.4. The summed E-state index contributed by atoms with van der Waals surface area (Å²) in [5, 5.41) is 25.7. The van der Waals surface area contributed by atoms with E-state index in [2.05, 4.69) is 13.8 Å². The topological polar surface area (TPSA) is 77.8 Å². The van der Waals surface area contributed by atoms with Gasteiger partial charge in [-0.2, -0.15) is 0 Å². The molecule has 0 spiro atoms. The highest BCUT2D eigenvalue weighted by Crippen LogP contribution is 2.22. The SMILES string of the molecule is CCC(O)CO.CCCCCCCCCCCCCCC(CCCCCCCCCCCC)CC(=O)O. The molecular weight excluding hydrogens is 460 g/mol.